The van der Waals surface area contributed by atoms with Crippen molar-refractivity contribution in [3.05, 3.63) is 35.4 Å². The molecule has 0 aromatic heterocycles. The first-order chi connectivity index (χ1) is 7.06. The van der Waals surface area contributed by atoms with Gasteiger partial charge >= 0.3 is 0 Å². The van der Waals surface area contributed by atoms with E-state index < -0.39 is 11.6 Å². The lowest BCUT2D eigenvalue weighted by atomic mass is 9.95. The molecule has 0 aliphatic heterocycles. The van der Waals surface area contributed by atoms with Crippen LogP contribution < -0.4 is 0 Å². The number of carbonyl (C=O) groups excluding carboxylic acids is 1. The fourth-order valence-corrected chi connectivity index (χ4v) is 1.50. The lowest BCUT2D eigenvalue weighted by Gasteiger charge is -2.10. The Balaban J connectivity index is 2.85. The van der Waals surface area contributed by atoms with Gasteiger partial charge in [-0.25, -0.2) is 8.78 Å². The van der Waals surface area contributed by atoms with Crippen molar-refractivity contribution < 1.29 is 13.6 Å². The molecule has 0 bridgehead atoms. The molecule has 3 heteroatoms. The van der Waals surface area contributed by atoms with Crippen LogP contribution in [0.15, 0.2) is 18.2 Å². The molecule has 0 spiro atoms. The van der Waals surface area contributed by atoms with Gasteiger partial charge in [-0.2, -0.15) is 0 Å². The molecule has 1 aromatic rings. The minimum Gasteiger partial charge on any atom is -0.299 e. The summed E-state index contributed by atoms with van der Waals surface area (Å²) in [5, 5.41) is 0. The van der Waals surface area contributed by atoms with E-state index in [0.717, 1.165) is 0 Å². The van der Waals surface area contributed by atoms with Gasteiger partial charge in [-0.3, -0.25) is 4.79 Å². The average molecular weight is 212 g/mol. The lowest BCUT2D eigenvalue weighted by Crippen LogP contribution is -2.14. The predicted octanol–water partition coefficient (Wildman–Crippen LogP) is 3.12. The molecule has 1 unspecified atom stereocenters. The summed E-state index contributed by atoms with van der Waals surface area (Å²) in [6, 6.07) is 3.74. The zero-order chi connectivity index (χ0) is 11.4. The molecule has 1 aromatic carbocycles. The van der Waals surface area contributed by atoms with E-state index in [9.17, 15) is 13.6 Å². The second-order valence-corrected chi connectivity index (χ2v) is 3.63. The smallest absolute Gasteiger partial charge is 0.135 e. The Morgan fingerprint density at radius 2 is 1.87 bits per heavy atom. The van der Waals surface area contributed by atoms with Crippen LogP contribution in [0.25, 0.3) is 0 Å². The molecule has 1 atom stereocenters. The summed E-state index contributed by atoms with van der Waals surface area (Å²) in [6.45, 7) is 3.44. The van der Waals surface area contributed by atoms with E-state index in [4.69, 9.17) is 0 Å². The van der Waals surface area contributed by atoms with Crippen molar-refractivity contribution in [1.82, 2.24) is 0 Å². The molecule has 0 N–H and O–H groups in total. The normalized spacial score (nSPS) is 12.5. The quantitative estimate of drug-likeness (QED) is 0.749. The Morgan fingerprint density at radius 1 is 1.33 bits per heavy atom. The van der Waals surface area contributed by atoms with Crippen molar-refractivity contribution in [1.29, 1.82) is 0 Å². The average Bonchev–Trinajstić information content (AvgIpc) is 2.22. The second kappa shape index (κ2) is 5.01. The van der Waals surface area contributed by atoms with E-state index in [1.54, 1.807) is 13.8 Å². The van der Waals surface area contributed by atoms with Gasteiger partial charge in [-0.15, -0.1) is 0 Å². The maximum absolute atomic E-state index is 13.2. The first-order valence-electron chi connectivity index (χ1n) is 5.01. The van der Waals surface area contributed by atoms with Crippen molar-refractivity contribution >= 4 is 5.78 Å². The summed E-state index contributed by atoms with van der Waals surface area (Å²) < 4.78 is 26.5. The summed E-state index contributed by atoms with van der Waals surface area (Å²) in [6.07, 6.45) is 0.530. The van der Waals surface area contributed by atoms with Gasteiger partial charge < -0.3 is 0 Å². The number of rotatable bonds is 4. The standard InChI is InChI=1S/C12H14F2O/c1-3-12(15)8(2)7-9-10(13)5-4-6-11(9)14/h4-6,8H,3,7H2,1-2H3. The topological polar surface area (TPSA) is 17.1 Å². The van der Waals surface area contributed by atoms with Gasteiger partial charge in [-0.05, 0) is 18.6 Å². The molecule has 82 valence electrons. The predicted molar refractivity (Wildman–Crippen MR) is 54.5 cm³/mol. The van der Waals surface area contributed by atoms with Gasteiger partial charge in [-0.1, -0.05) is 19.9 Å². The van der Waals surface area contributed by atoms with Crippen molar-refractivity contribution in [3.63, 3.8) is 0 Å². The van der Waals surface area contributed by atoms with Gasteiger partial charge in [0.25, 0.3) is 0 Å². The van der Waals surface area contributed by atoms with Gasteiger partial charge in [0.05, 0.1) is 0 Å². The molecule has 0 fully saturated rings. The maximum atomic E-state index is 13.2. The fourth-order valence-electron chi connectivity index (χ4n) is 1.50. The molecule has 15 heavy (non-hydrogen) atoms. The number of carbonyl (C=O) groups is 1. The third-order valence-corrected chi connectivity index (χ3v) is 2.47. The number of hydrogen-bond acceptors (Lipinski definition) is 1. The van der Waals surface area contributed by atoms with Gasteiger partial charge in [0.15, 0.2) is 0 Å². The Kier molecular flexibility index (Phi) is 3.95. The molecule has 0 heterocycles. The largest absolute Gasteiger partial charge is 0.299 e. The van der Waals surface area contributed by atoms with Crippen molar-refractivity contribution in [2.75, 3.05) is 0 Å². The minimum absolute atomic E-state index is 0.00630. The third kappa shape index (κ3) is 2.85. The zero-order valence-electron chi connectivity index (χ0n) is 8.89. The third-order valence-electron chi connectivity index (χ3n) is 2.47. The van der Waals surface area contributed by atoms with Crippen LogP contribution >= 0.6 is 0 Å². The number of Topliss-reactive ketones (excluding diaryl/α,β-unsaturated/α-hetero) is 1. The lowest BCUT2D eigenvalue weighted by molar-refractivity contribution is -0.122. The van der Waals surface area contributed by atoms with Crippen LogP contribution in [0.1, 0.15) is 25.8 Å². The maximum Gasteiger partial charge on any atom is 0.135 e. The molecule has 0 radical (unpaired) electrons. The zero-order valence-corrected chi connectivity index (χ0v) is 8.89. The fraction of sp³-hybridized carbons (Fsp3) is 0.417. The molecular weight excluding hydrogens is 198 g/mol. The Morgan fingerprint density at radius 3 is 2.33 bits per heavy atom. The molecule has 1 rings (SSSR count). The van der Waals surface area contributed by atoms with Crippen LogP contribution in [-0.2, 0) is 11.2 Å². The highest BCUT2D eigenvalue weighted by Crippen LogP contribution is 2.17. The number of benzene rings is 1. The van der Waals surface area contributed by atoms with Crippen molar-refractivity contribution in [2.24, 2.45) is 5.92 Å². The molecule has 0 saturated heterocycles. The van der Waals surface area contributed by atoms with Crippen LogP contribution in [0.5, 0.6) is 0 Å². The number of halogens is 2. The van der Waals surface area contributed by atoms with Gasteiger partial charge in [0.1, 0.15) is 17.4 Å². The first-order valence-corrected chi connectivity index (χ1v) is 5.01. The van der Waals surface area contributed by atoms with Crippen LogP contribution in [0, 0.1) is 17.6 Å². The molecular formula is C12H14F2O. The Hall–Kier alpha value is -1.25. The SMILES string of the molecule is CCC(=O)C(C)Cc1c(F)cccc1F. The Labute approximate surface area is 88.1 Å². The second-order valence-electron chi connectivity index (χ2n) is 3.63. The highest BCUT2D eigenvalue weighted by molar-refractivity contribution is 5.80. The molecule has 0 saturated carbocycles. The summed E-state index contributed by atoms with van der Waals surface area (Å²) >= 11 is 0. The van der Waals surface area contributed by atoms with E-state index in [0.29, 0.717) is 6.42 Å². The van der Waals surface area contributed by atoms with Gasteiger partial charge in [0, 0.05) is 17.9 Å². The monoisotopic (exact) mass is 212 g/mol. The van der Waals surface area contributed by atoms with Crippen LogP contribution in [-0.4, -0.2) is 5.78 Å². The van der Waals surface area contributed by atoms with Crippen molar-refractivity contribution in [2.45, 2.75) is 26.7 Å². The number of ketones is 1. The summed E-state index contributed by atoms with van der Waals surface area (Å²) in [5.41, 5.74) is 0.00630. The van der Waals surface area contributed by atoms with E-state index in [1.807, 2.05) is 0 Å². The highest BCUT2D eigenvalue weighted by atomic mass is 19.1. The van der Waals surface area contributed by atoms with Crippen LogP contribution in [0.4, 0.5) is 8.78 Å². The van der Waals surface area contributed by atoms with Gasteiger partial charge in [0.2, 0.25) is 0 Å². The molecule has 0 aliphatic rings. The summed E-state index contributed by atoms with van der Waals surface area (Å²) in [4.78, 5) is 11.3. The number of hydrogen-bond donors (Lipinski definition) is 0. The van der Waals surface area contributed by atoms with Crippen LogP contribution in [0.2, 0.25) is 0 Å². The Bertz CT molecular complexity index is 340. The van der Waals surface area contributed by atoms with Crippen molar-refractivity contribution in [3.8, 4) is 0 Å². The van der Waals surface area contributed by atoms with E-state index in [1.165, 1.54) is 18.2 Å². The molecule has 1 nitrogen and oxygen atoms in total. The highest BCUT2D eigenvalue weighted by Gasteiger charge is 2.16. The summed E-state index contributed by atoms with van der Waals surface area (Å²) in [5.74, 6) is -1.46. The van der Waals surface area contributed by atoms with E-state index in [-0.39, 0.29) is 23.7 Å². The van der Waals surface area contributed by atoms with E-state index >= 15 is 0 Å². The first kappa shape index (κ1) is 11.8. The van der Waals surface area contributed by atoms with Crippen LogP contribution in [0.3, 0.4) is 0 Å². The van der Waals surface area contributed by atoms with E-state index in [2.05, 4.69) is 0 Å². The summed E-state index contributed by atoms with van der Waals surface area (Å²) in [7, 11) is 0. The molecule has 0 aliphatic carbocycles. The minimum atomic E-state index is -0.578. The molecule has 0 amide bonds.